The van der Waals surface area contributed by atoms with Crippen molar-refractivity contribution in [3.05, 3.63) is 20.8 Å². The zero-order valence-corrected chi connectivity index (χ0v) is 17.7. The molecule has 2 saturated heterocycles. The van der Waals surface area contributed by atoms with Gasteiger partial charge in [-0.1, -0.05) is 11.6 Å². The number of nitrogens with two attached hydrogens (primary N) is 1. The average molecular weight is 443 g/mol. The lowest BCUT2D eigenvalue weighted by molar-refractivity contribution is -0.140. The molecule has 1 aromatic rings. The summed E-state index contributed by atoms with van der Waals surface area (Å²) in [7, 11) is 0. The smallest absolute Gasteiger partial charge is 0.265 e. The number of hydrogen-bond acceptors (Lipinski definition) is 6. The number of aliphatic hydroxyl groups is 1. The van der Waals surface area contributed by atoms with E-state index in [9.17, 15) is 24.3 Å². The van der Waals surface area contributed by atoms with Crippen LogP contribution in [0.25, 0.3) is 0 Å². The Hall–Kier alpha value is -2.17. The maximum atomic E-state index is 12.6. The summed E-state index contributed by atoms with van der Waals surface area (Å²) < 4.78 is 0. The molecule has 3 heterocycles. The van der Waals surface area contributed by atoms with Crippen LogP contribution in [-0.4, -0.2) is 76.9 Å². The first-order valence-corrected chi connectivity index (χ1v) is 10.4. The maximum Gasteiger partial charge on any atom is 0.265 e. The number of aryl methyl sites for hydroxylation is 1. The van der Waals surface area contributed by atoms with Gasteiger partial charge in [0.05, 0.1) is 11.1 Å². The van der Waals surface area contributed by atoms with Crippen LogP contribution in [0.1, 0.15) is 28.6 Å². The van der Waals surface area contributed by atoms with E-state index in [-0.39, 0.29) is 44.4 Å². The number of carbonyl (C=O) groups excluding carboxylic acids is 4. The second-order valence-corrected chi connectivity index (χ2v) is 8.92. The number of thiophene rings is 1. The minimum absolute atomic E-state index is 0.0551. The van der Waals surface area contributed by atoms with Crippen LogP contribution in [-0.2, 0) is 14.4 Å². The number of hydrogen-bond donors (Lipinski definition) is 3. The van der Waals surface area contributed by atoms with Crippen molar-refractivity contribution in [2.24, 2.45) is 11.1 Å². The molecule has 29 heavy (non-hydrogen) atoms. The number of aliphatic hydroxyl groups excluding tert-OH is 1. The molecule has 2 fully saturated rings. The minimum Gasteiger partial charge on any atom is -0.391 e. The van der Waals surface area contributed by atoms with Gasteiger partial charge >= 0.3 is 0 Å². The first kappa shape index (κ1) is 21.5. The topological polar surface area (TPSA) is 133 Å². The number of amides is 4. The van der Waals surface area contributed by atoms with Gasteiger partial charge in [-0.2, -0.15) is 0 Å². The Kier molecular flexibility index (Phi) is 5.88. The van der Waals surface area contributed by atoms with Crippen LogP contribution in [0.5, 0.6) is 0 Å². The third-order valence-electron chi connectivity index (χ3n) is 5.48. The molecule has 0 bridgehead atoms. The average Bonchev–Trinajstić information content (AvgIpc) is 3.16. The van der Waals surface area contributed by atoms with E-state index in [1.807, 2.05) is 0 Å². The van der Waals surface area contributed by atoms with Crippen LogP contribution in [0.15, 0.2) is 5.38 Å². The molecule has 2 aliphatic heterocycles. The Morgan fingerprint density at radius 3 is 2.55 bits per heavy atom. The molecule has 1 aromatic heterocycles. The van der Waals surface area contributed by atoms with Crippen LogP contribution in [0.2, 0.25) is 5.02 Å². The molecule has 0 saturated carbocycles. The van der Waals surface area contributed by atoms with Crippen molar-refractivity contribution in [2.75, 3.05) is 26.2 Å². The van der Waals surface area contributed by atoms with Crippen molar-refractivity contribution in [3.63, 3.8) is 0 Å². The van der Waals surface area contributed by atoms with Crippen LogP contribution >= 0.6 is 22.9 Å². The van der Waals surface area contributed by atoms with Crippen LogP contribution in [0.4, 0.5) is 0 Å². The van der Waals surface area contributed by atoms with Crippen molar-refractivity contribution in [3.8, 4) is 0 Å². The third-order valence-corrected chi connectivity index (χ3v) is 7.16. The zero-order chi connectivity index (χ0) is 21.5. The number of rotatable bonds is 5. The summed E-state index contributed by atoms with van der Waals surface area (Å²) in [6.07, 6.45) is -0.633. The number of primary amides is 1. The van der Waals surface area contributed by atoms with Gasteiger partial charge in [-0.15, -0.1) is 11.3 Å². The van der Waals surface area contributed by atoms with Crippen LogP contribution in [0, 0.1) is 12.3 Å². The van der Waals surface area contributed by atoms with E-state index in [1.165, 1.54) is 28.1 Å². The van der Waals surface area contributed by atoms with Crippen molar-refractivity contribution in [1.82, 2.24) is 15.1 Å². The highest BCUT2D eigenvalue weighted by Gasteiger charge is 2.51. The molecule has 0 radical (unpaired) electrons. The molecule has 158 valence electrons. The number of nitrogens with one attached hydrogen (secondary N) is 1. The van der Waals surface area contributed by atoms with Gasteiger partial charge < -0.3 is 26.0 Å². The molecule has 0 spiro atoms. The molecule has 2 atom stereocenters. The summed E-state index contributed by atoms with van der Waals surface area (Å²) in [6, 6.07) is -0.793. The predicted octanol–water partition coefficient (Wildman–Crippen LogP) is -0.265. The Labute approximate surface area is 176 Å². The SMILES string of the molecule is CC(=O)N1C[C@H](O)C[C@H]1C(=O)NCC1(C(N)=O)CN(C(=O)c2scc(C)c2Cl)C1. The van der Waals surface area contributed by atoms with E-state index in [1.54, 1.807) is 12.3 Å². The summed E-state index contributed by atoms with van der Waals surface area (Å²) in [5.74, 6) is -1.67. The van der Waals surface area contributed by atoms with E-state index in [4.69, 9.17) is 17.3 Å². The van der Waals surface area contributed by atoms with Gasteiger partial charge in [0.25, 0.3) is 5.91 Å². The Morgan fingerprint density at radius 2 is 2.03 bits per heavy atom. The number of likely N-dealkylation sites (tertiary alicyclic amines) is 2. The Bertz CT molecular complexity index is 866. The quantitative estimate of drug-likeness (QED) is 0.577. The van der Waals surface area contributed by atoms with Crippen LogP contribution in [0.3, 0.4) is 0 Å². The van der Waals surface area contributed by atoms with E-state index in [0.29, 0.717) is 9.90 Å². The normalized spacial score (nSPS) is 22.9. The van der Waals surface area contributed by atoms with Gasteiger partial charge in [0.2, 0.25) is 17.7 Å². The van der Waals surface area contributed by atoms with Gasteiger partial charge in [-0.05, 0) is 17.9 Å². The summed E-state index contributed by atoms with van der Waals surface area (Å²) in [6.45, 7) is 3.31. The molecule has 4 amide bonds. The summed E-state index contributed by atoms with van der Waals surface area (Å²) in [4.78, 5) is 52.0. The van der Waals surface area contributed by atoms with E-state index < -0.39 is 29.4 Å². The van der Waals surface area contributed by atoms with Gasteiger partial charge in [-0.25, -0.2) is 0 Å². The minimum atomic E-state index is -1.08. The molecular formula is C18H23ClN4O5S. The number of nitrogens with zero attached hydrogens (tertiary/aromatic N) is 2. The second kappa shape index (κ2) is 7.92. The molecule has 0 aliphatic carbocycles. The molecule has 0 aromatic carbocycles. The molecule has 2 aliphatic rings. The van der Waals surface area contributed by atoms with Crippen molar-refractivity contribution < 1.29 is 24.3 Å². The Balaban J connectivity index is 1.62. The van der Waals surface area contributed by atoms with Gasteiger partial charge in [0, 0.05) is 39.5 Å². The zero-order valence-electron chi connectivity index (χ0n) is 16.1. The fourth-order valence-corrected chi connectivity index (χ4v) is 4.93. The lowest BCUT2D eigenvalue weighted by Gasteiger charge is -2.47. The first-order valence-electron chi connectivity index (χ1n) is 9.11. The van der Waals surface area contributed by atoms with Gasteiger partial charge in [-0.3, -0.25) is 19.2 Å². The second-order valence-electron chi connectivity index (χ2n) is 7.66. The lowest BCUT2D eigenvalue weighted by Crippen LogP contribution is -2.68. The molecule has 9 nitrogen and oxygen atoms in total. The monoisotopic (exact) mass is 442 g/mol. The fraction of sp³-hybridized carbons (Fsp3) is 0.556. The van der Waals surface area contributed by atoms with Gasteiger partial charge in [0.15, 0.2) is 0 Å². The van der Waals surface area contributed by atoms with Crippen molar-refractivity contribution >= 4 is 46.6 Å². The molecule has 11 heteroatoms. The van der Waals surface area contributed by atoms with Crippen molar-refractivity contribution in [1.29, 1.82) is 0 Å². The molecule has 4 N–H and O–H groups in total. The van der Waals surface area contributed by atoms with Crippen molar-refractivity contribution in [2.45, 2.75) is 32.4 Å². The third kappa shape index (κ3) is 3.96. The summed E-state index contributed by atoms with van der Waals surface area (Å²) >= 11 is 7.39. The first-order chi connectivity index (χ1) is 13.6. The summed E-state index contributed by atoms with van der Waals surface area (Å²) in [5, 5.41) is 14.6. The number of β-amino-alcohol motifs (C(OH)–C–C–N with tert-alkyl or cyclic N) is 1. The molecule has 0 unspecified atom stereocenters. The standard InChI is InChI=1S/C18H23ClN4O5S/c1-9-5-29-14(13(9)19)16(27)22-7-18(8-22,17(20)28)6-21-15(26)12-3-11(25)4-23(12)10(2)24/h5,11-12,25H,3-4,6-8H2,1-2H3,(H2,20,28)(H,21,26)/t11-,12+/m1/s1. The maximum absolute atomic E-state index is 12.6. The van der Waals surface area contributed by atoms with Crippen LogP contribution < -0.4 is 11.1 Å². The predicted molar refractivity (Wildman–Crippen MR) is 106 cm³/mol. The fourth-order valence-electron chi connectivity index (χ4n) is 3.68. The molecule has 3 rings (SSSR count). The number of halogens is 1. The van der Waals surface area contributed by atoms with E-state index in [2.05, 4.69) is 5.32 Å². The highest BCUT2D eigenvalue weighted by atomic mass is 35.5. The molecular weight excluding hydrogens is 420 g/mol. The van der Waals surface area contributed by atoms with Gasteiger partial charge in [0.1, 0.15) is 16.3 Å². The number of carbonyl (C=O) groups is 4. The summed E-state index contributed by atoms with van der Waals surface area (Å²) in [5.41, 5.74) is 5.28. The lowest BCUT2D eigenvalue weighted by atomic mass is 9.78. The Morgan fingerprint density at radius 1 is 1.38 bits per heavy atom. The van der Waals surface area contributed by atoms with E-state index in [0.717, 1.165) is 5.56 Å². The largest absolute Gasteiger partial charge is 0.391 e. The highest BCUT2D eigenvalue weighted by molar-refractivity contribution is 7.13. The van der Waals surface area contributed by atoms with E-state index >= 15 is 0 Å². The highest BCUT2D eigenvalue weighted by Crippen LogP contribution is 2.35.